The van der Waals surface area contributed by atoms with Crippen molar-refractivity contribution < 1.29 is 18.7 Å². The molecule has 0 fully saturated rings. The summed E-state index contributed by atoms with van der Waals surface area (Å²) < 4.78 is 25.0. The van der Waals surface area contributed by atoms with Gasteiger partial charge in [-0.2, -0.15) is 0 Å². The summed E-state index contributed by atoms with van der Waals surface area (Å²) in [6.07, 6.45) is -2.97. The Kier molecular flexibility index (Phi) is 3.98. The summed E-state index contributed by atoms with van der Waals surface area (Å²) in [7, 11) is 0. The molecule has 0 aromatic carbocycles. The van der Waals surface area contributed by atoms with Crippen LogP contribution in [0.5, 0.6) is 0 Å². The lowest BCUT2D eigenvalue weighted by Crippen LogP contribution is -2.09. The third kappa shape index (κ3) is 2.63. The maximum absolute atomic E-state index is 12.5. The molecule has 3 nitrogen and oxygen atoms in total. The smallest absolute Gasteiger partial charge is 0.338 e. The Balaban J connectivity index is 3.47. The predicted molar refractivity (Wildman–Crippen MR) is 53.8 cm³/mol. The molecule has 0 unspecified atom stereocenters. The van der Waals surface area contributed by atoms with Gasteiger partial charge in [-0.3, -0.25) is 0 Å². The van der Waals surface area contributed by atoms with Crippen LogP contribution in [0.25, 0.3) is 0 Å². The van der Waals surface area contributed by atoms with E-state index >= 15 is 0 Å². The van der Waals surface area contributed by atoms with Gasteiger partial charge in [0.25, 0.3) is 6.43 Å². The van der Waals surface area contributed by atoms with Crippen LogP contribution in [0.3, 0.4) is 0 Å². The molecule has 0 aliphatic rings. The highest BCUT2D eigenvalue weighted by Crippen LogP contribution is 2.27. The number of aromatic nitrogens is 1. The molecule has 0 atom stereocenters. The minimum Gasteiger partial charge on any atom is -0.478 e. The van der Waals surface area contributed by atoms with Gasteiger partial charge < -0.3 is 5.11 Å². The van der Waals surface area contributed by atoms with Gasteiger partial charge in [0.1, 0.15) is 10.8 Å². The quantitative estimate of drug-likeness (QED) is 0.688. The first-order valence-electron chi connectivity index (χ1n) is 3.74. The second-order valence-electron chi connectivity index (χ2n) is 2.60. The summed E-state index contributed by atoms with van der Waals surface area (Å²) in [5.74, 6) is -1.44. The van der Waals surface area contributed by atoms with Gasteiger partial charge in [0.05, 0.1) is 5.56 Å². The molecule has 0 aliphatic carbocycles. The Hall–Kier alpha value is -0.750. The van der Waals surface area contributed by atoms with E-state index in [1.807, 2.05) is 0 Å². The summed E-state index contributed by atoms with van der Waals surface area (Å²) in [6.45, 7) is 0. The minimum absolute atomic E-state index is 0.122. The normalized spacial score (nSPS) is 10.7. The van der Waals surface area contributed by atoms with Crippen LogP contribution >= 0.6 is 27.5 Å². The van der Waals surface area contributed by atoms with Crippen molar-refractivity contribution in [3.05, 3.63) is 28.0 Å². The average molecular weight is 300 g/mol. The van der Waals surface area contributed by atoms with Gasteiger partial charge in [-0.05, 0) is 11.6 Å². The third-order valence-electron chi connectivity index (χ3n) is 1.66. The standard InChI is InChI=1S/C8H5BrClF2NO2/c9-2-3-1-4(10)13-6(7(11)12)5(3)8(14)15/h1,7H,2H2,(H,14,15). The average Bonchev–Trinajstić information content (AvgIpc) is 2.15. The minimum atomic E-state index is -2.97. The Morgan fingerprint density at radius 3 is 2.67 bits per heavy atom. The van der Waals surface area contributed by atoms with Crippen molar-refractivity contribution in [1.29, 1.82) is 0 Å². The van der Waals surface area contributed by atoms with E-state index in [0.29, 0.717) is 0 Å². The van der Waals surface area contributed by atoms with E-state index in [0.717, 1.165) is 0 Å². The van der Waals surface area contributed by atoms with Gasteiger partial charge in [0.15, 0.2) is 0 Å². The highest BCUT2D eigenvalue weighted by atomic mass is 79.9. The molecule has 82 valence electrons. The van der Waals surface area contributed by atoms with E-state index in [1.165, 1.54) is 6.07 Å². The molecule has 7 heteroatoms. The first kappa shape index (κ1) is 12.3. The fraction of sp³-hybridized carbons (Fsp3) is 0.250. The molecule has 0 amide bonds. The van der Waals surface area contributed by atoms with Gasteiger partial charge in [-0.15, -0.1) is 0 Å². The summed E-state index contributed by atoms with van der Waals surface area (Å²) in [5.41, 5.74) is -1.12. The zero-order valence-corrected chi connectivity index (χ0v) is 9.52. The Bertz CT molecular complexity index is 400. The van der Waals surface area contributed by atoms with E-state index < -0.39 is 23.7 Å². The highest BCUT2D eigenvalue weighted by Gasteiger charge is 2.23. The topological polar surface area (TPSA) is 50.2 Å². The maximum atomic E-state index is 12.5. The first-order valence-corrected chi connectivity index (χ1v) is 5.24. The lowest BCUT2D eigenvalue weighted by molar-refractivity contribution is 0.0681. The molecule has 1 aromatic rings. The monoisotopic (exact) mass is 299 g/mol. The molecule has 1 heterocycles. The Morgan fingerprint density at radius 1 is 1.67 bits per heavy atom. The number of pyridine rings is 1. The molecule has 0 spiro atoms. The van der Waals surface area contributed by atoms with Crippen LogP contribution in [-0.4, -0.2) is 16.1 Å². The van der Waals surface area contributed by atoms with Crippen LogP contribution < -0.4 is 0 Å². The first-order chi connectivity index (χ1) is 6.97. The number of aromatic carboxylic acids is 1. The molecule has 1 rings (SSSR count). The number of hydrogen-bond donors (Lipinski definition) is 1. The highest BCUT2D eigenvalue weighted by molar-refractivity contribution is 9.08. The zero-order valence-electron chi connectivity index (χ0n) is 7.18. The maximum Gasteiger partial charge on any atom is 0.338 e. The van der Waals surface area contributed by atoms with Crippen molar-refractivity contribution in [2.45, 2.75) is 11.8 Å². The predicted octanol–water partition coefficient (Wildman–Crippen LogP) is 3.27. The van der Waals surface area contributed by atoms with Crippen molar-refractivity contribution >= 4 is 33.5 Å². The number of carbonyl (C=O) groups is 1. The lowest BCUT2D eigenvalue weighted by Gasteiger charge is -2.08. The number of carboxylic acid groups (broad SMARTS) is 1. The van der Waals surface area contributed by atoms with Crippen LogP contribution in [0.2, 0.25) is 5.15 Å². The number of halogens is 4. The number of nitrogens with zero attached hydrogens (tertiary/aromatic N) is 1. The van der Waals surface area contributed by atoms with E-state index in [1.54, 1.807) is 0 Å². The Morgan fingerprint density at radius 2 is 2.27 bits per heavy atom. The SMILES string of the molecule is O=C(O)c1c(CBr)cc(Cl)nc1C(F)F. The van der Waals surface area contributed by atoms with Crippen molar-refractivity contribution in [1.82, 2.24) is 4.98 Å². The summed E-state index contributed by atoms with van der Waals surface area (Å²) >= 11 is 8.49. The molecule has 0 saturated carbocycles. The molecule has 1 N–H and O–H groups in total. The molecule has 1 aromatic heterocycles. The van der Waals surface area contributed by atoms with Crippen LogP contribution in [0.15, 0.2) is 6.07 Å². The zero-order chi connectivity index (χ0) is 11.6. The van der Waals surface area contributed by atoms with Crippen molar-refractivity contribution in [3.8, 4) is 0 Å². The van der Waals surface area contributed by atoms with Crippen LogP contribution in [0.4, 0.5) is 8.78 Å². The van der Waals surface area contributed by atoms with Gasteiger partial charge in [-0.1, -0.05) is 27.5 Å². The molecule has 0 saturated heterocycles. The van der Waals surface area contributed by atoms with E-state index in [9.17, 15) is 13.6 Å². The van der Waals surface area contributed by atoms with E-state index in [2.05, 4.69) is 20.9 Å². The van der Waals surface area contributed by atoms with Gasteiger partial charge in [0.2, 0.25) is 0 Å². The largest absolute Gasteiger partial charge is 0.478 e. The third-order valence-corrected chi connectivity index (χ3v) is 2.46. The second-order valence-corrected chi connectivity index (χ2v) is 3.55. The molecular weight excluding hydrogens is 295 g/mol. The van der Waals surface area contributed by atoms with Crippen LogP contribution in [0.1, 0.15) is 28.0 Å². The second kappa shape index (κ2) is 4.85. The fourth-order valence-corrected chi connectivity index (χ4v) is 1.76. The van der Waals surface area contributed by atoms with Crippen LogP contribution in [-0.2, 0) is 5.33 Å². The van der Waals surface area contributed by atoms with E-state index in [-0.39, 0.29) is 16.0 Å². The molecule has 0 radical (unpaired) electrons. The number of carboxylic acids is 1. The van der Waals surface area contributed by atoms with Gasteiger partial charge in [0, 0.05) is 5.33 Å². The van der Waals surface area contributed by atoms with Crippen molar-refractivity contribution in [2.24, 2.45) is 0 Å². The Labute approximate surface area is 97.2 Å². The lowest BCUT2D eigenvalue weighted by atomic mass is 10.1. The summed E-state index contributed by atoms with van der Waals surface area (Å²) in [4.78, 5) is 14.1. The number of hydrogen-bond acceptors (Lipinski definition) is 2. The van der Waals surface area contributed by atoms with Gasteiger partial charge >= 0.3 is 5.97 Å². The molecule has 15 heavy (non-hydrogen) atoms. The summed E-state index contributed by atoms with van der Waals surface area (Å²) in [6, 6.07) is 1.24. The van der Waals surface area contributed by atoms with Crippen molar-refractivity contribution in [2.75, 3.05) is 0 Å². The number of alkyl halides is 3. The van der Waals surface area contributed by atoms with E-state index in [4.69, 9.17) is 16.7 Å². The van der Waals surface area contributed by atoms with Crippen molar-refractivity contribution in [3.63, 3.8) is 0 Å². The molecule has 0 aliphatic heterocycles. The fourth-order valence-electron chi connectivity index (χ4n) is 1.09. The molecular formula is C8H5BrClF2NO2. The van der Waals surface area contributed by atoms with Gasteiger partial charge in [-0.25, -0.2) is 18.6 Å². The van der Waals surface area contributed by atoms with Crippen LogP contribution in [0, 0.1) is 0 Å². The number of rotatable bonds is 3. The summed E-state index contributed by atoms with van der Waals surface area (Å²) in [5, 5.41) is 8.75. The molecule has 0 bridgehead atoms.